The van der Waals surface area contributed by atoms with Gasteiger partial charge in [0.1, 0.15) is 24.2 Å². The van der Waals surface area contributed by atoms with E-state index in [0.29, 0.717) is 18.6 Å². The first-order valence-corrected chi connectivity index (χ1v) is 13.6. The van der Waals surface area contributed by atoms with E-state index in [0.717, 1.165) is 22.0 Å². The Morgan fingerprint density at radius 3 is 2.16 bits per heavy atom. The average Bonchev–Trinajstić information content (AvgIpc) is 2.94. The number of rotatable bonds is 12. The molecule has 0 spiro atoms. The van der Waals surface area contributed by atoms with Crippen LogP contribution in [-0.2, 0) is 26.0 Å². The highest BCUT2D eigenvalue weighted by Gasteiger charge is 2.33. The number of halogens is 1. The van der Waals surface area contributed by atoms with Crippen molar-refractivity contribution in [3.05, 3.63) is 90.2 Å². The monoisotopic (exact) mass is 541 g/mol. The van der Waals surface area contributed by atoms with Crippen LogP contribution in [0.2, 0.25) is 0 Å². The Morgan fingerprint density at radius 1 is 0.974 bits per heavy atom. The molecule has 8 nitrogen and oxygen atoms in total. The summed E-state index contributed by atoms with van der Waals surface area (Å²) >= 11 is 0. The molecule has 0 fully saturated rings. The van der Waals surface area contributed by atoms with E-state index in [2.05, 4.69) is 5.32 Å². The van der Waals surface area contributed by atoms with Gasteiger partial charge in [-0.15, -0.1) is 0 Å². The maximum Gasteiger partial charge on any atom is 0.264 e. The zero-order valence-corrected chi connectivity index (χ0v) is 22.4. The SMILES string of the molecule is CCC(C(=O)NC)N(CCc1ccccc1)C(=O)CN(c1ccc(F)cc1)S(=O)(=O)c1ccc(OC)cc1. The first-order valence-electron chi connectivity index (χ1n) is 12.2. The Kier molecular flexibility index (Phi) is 9.84. The molecule has 1 unspecified atom stereocenters. The smallest absolute Gasteiger partial charge is 0.264 e. The van der Waals surface area contributed by atoms with Gasteiger partial charge >= 0.3 is 0 Å². The van der Waals surface area contributed by atoms with Crippen molar-refractivity contribution >= 4 is 27.5 Å². The molecular weight excluding hydrogens is 509 g/mol. The van der Waals surface area contributed by atoms with E-state index in [1.165, 1.54) is 55.5 Å². The normalized spacial score (nSPS) is 11.9. The minimum absolute atomic E-state index is 0.0652. The van der Waals surface area contributed by atoms with E-state index >= 15 is 0 Å². The van der Waals surface area contributed by atoms with Crippen molar-refractivity contribution in [3.63, 3.8) is 0 Å². The van der Waals surface area contributed by atoms with Gasteiger partial charge in [0.15, 0.2) is 0 Å². The molecule has 3 aromatic rings. The Morgan fingerprint density at radius 2 is 1.61 bits per heavy atom. The molecule has 3 rings (SSSR count). The van der Waals surface area contributed by atoms with Gasteiger partial charge in [-0.3, -0.25) is 13.9 Å². The van der Waals surface area contributed by atoms with Crippen LogP contribution in [0.3, 0.4) is 0 Å². The van der Waals surface area contributed by atoms with Gasteiger partial charge in [0.25, 0.3) is 10.0 Å². The molecule has 1 atom stereocenters. The van der Waals surface area contributed by atoms with E-state index < -0.39 is 34.3 Å². The number of sulfonamides is 1. The van der Waals surface area contributed by atoms with Gasteiger partial charge in [0, 0.05) is 13.6 Å². The average molecular weight is 542 g/mol. The highest BCUT2D eigenvalue weighted by atomic mass is 32.2. The van der Waals surface area contributed by atoms with Crippen molar-refractivity contribution in [3.8, 4) is 5.75 Å². The lowest BCUT2D eigenvalue weighted by molar-refractivity contribution is -0.139. The lowest BCUT2D eigenvalue weighted by Crippen LogP contribution is -2.52. The van der Waals surface area contributed by atoms with E-state index in [-0.39, 0.29) is 23.0 Å². The first kappa shape index (κ1) is 28.6. The third kappa shape index (κ3) is 6.89. The number of carbonyl (C=O) groups is 2. The molecule has 1 N–H and O–H groups in total. The van der Waals surface area contributed by atoms with Gasteiger partial charge < -0.3 is 15.0 Å². The summed E-state index contributed by atoms with van der Waals surface area (Å²) in [7, 11) is -1.28. The van der Waals surface area contributed by atoms with Gasteiger partial charge in [-0.25, -0.2) is 12.8 Å². The van der Waals surface area contributed by atoms with Crippen LogP contribution < -0.4 is 14.4 Å². The van der Waals surface area contributed by atoms with Gasteiger partial charge in [-0.2, -0.15) is 0 Å². The molecule has 0 aliphatic rings. The minimum Gasteiger partial charge on any atom is -0.497 e. The standard InChI is InChI=1S/C28H32FN3O5S/c1-4-26(28(34)30-2)31(19-18-21-8-6-5-7-9-21)27(33)20-32(23-12-10-22(29)11-13-23)38(35,36)25-16-14-24(37-3)15-17-25/h5-17,26H,4,18-20H2,1-3H3,(H,30,34). The predicted octanol–water partition coefficient (Wildman–Crippen LogP) is 3.63. The van der Waals surface area contributed by atoms with Crippen molar-refractivity contribution in [1.29, 1.82) is 0 Å². The van der Waals surface area contributed by atoms with Crippen LogP contribution in [0.25, 0.3) is 0 Å². The molecule has 0 heterocycles. The Labute approximate surface area is 223 Å². The lowest BCUT2D eigenvalue weighted by atomic mass is 10.1. The molecule has 0 bridgehead atoms. The van der Waals surface area contributed by atoms with E-state index in [1.807, 2.05) is 30.3 Å². The molecule has 3 aromatic carbocycles. The lowest BCUT2D eigenvalue weighted by Gasteiger charge is -2.33. The Balaban J connectivity index is 1.99. The minimum atomic E-state index is -4.24. The fraction of sp³-hybridized carbons (Fsp3) is 0.286. The summed E-state index contributed by atoms with van der Waals surface area (Å²) < 4.78 is 47.2. The molecule has 0 saturated carbocycles. The quantitative estimate of drug-likeness (QED) is 0.378. The molecule has 0 saturated heterocycles. The Hall–Kier alpha value is -3.92. The summed E-state index contributed by atoms with van der Waals surface area (Å²) in [6.45, 7) is 1.41. The summed E-state index contributed by atoms with van der Waals surface area (Å²) in [4.78, 5) is 27.8. The molecule has 0 aliphatic carbocycles. The maximum absolute atomic E-state index is 13.8. The number of benzene rings is 3. The second kappa shape index (κ2) is 13.0. The van der Waals surface area contributed by atoms with Crippen LogP contribution in [0.5, 0.6) is 5.75 Å². The summed E-state index contributed by atoms with van der Waals surface area (Å²) in [5.41, 5.74) is 1.09. The number of hydrogen-bond donors (Lipinski definition) is 1. The fourth-order valence-corrected chi connectivity index (χ4v) is 5.49. The molecule has 0 aromatic heterocycles. The summed E-state index contributed by atoms with van der Waals surface area (Å²) in [6, 6.07) is 19.3. The Bertz CT molecular complexity index is 1320. The second-order valence-corrected chi connectivity index (χ2v) is 10.4. The molecule has 38 heavy (non-hydrogen) atoms. The van der Waals surface area contributed by atoms with Gasteiger partial charge in [-0.1, -0.05) is 37.3 Å². The topological polar surface area (TPSA) is 96.0 Å². The third-order valence-electron chi connectivity index (χ3n) is 6.16. The third-order valence-corrected chi connectivity index (χ3v) is 7.95. The molecule has 0 radical (unpaired) electrons. The van der Waals surface area contributed by atoms with Gasteiger partial charge in [0.05, 0.1) is 17.7 Å². The summed E-state index contributed by atoms with van der Waals surface area (Å²) in [6.07, 6.45) is 0.809. The largest absolute Gasteiger partial charge is 0.497 e. The fourth-order valence-electron chi connectivity index (χ4n) is 4.07. The van der Waals surface area contributed by atoms with Gasteiger partial charge in [0.2, 0.25) is 11.8 Å². The summed E-state index contributed by atoms with van der Waals surface area (Å²) in [5.74, 6) is -0.980. The first-order chi connectivity index (χ1) is 18.2. The van der Waals surface area contributed by atoms with Crippen LogP contribution >= 0.6 is 0 Å². The van der Waals surface area contributed by atoms with Crippen molar-refractivity contribution in [2.45, 2.75) is 30.7 Å². The van der Waals surface area contributed by atoms with E-state index in [9.17, 15) is 22.4 Å². The number of likely N-dealkylation sites (N-methyl/N-ethyl adjacent to an activating group) is 1. The van der Waals surface area contributed by atoms with Crippen LogP contribution in [-0.4, -0.2) is 58.4 Å². The van der Waals surface area contributed by atoms with Crippen molar-refractivity contribution < 1.29 is 27.1 Å². The van der Waals surface area contributed by atoms with Crippen molar-refractivity contribution in [2.75, 3.05) is 31.6 Å². The molecule has 0 aliphatic heterocycles. The second-order valence-electron chi connectivity index (χ2n) is 8.52. The number of carbonyl (C=O) groups excluding carboxylic acids is 2. The highest BCUT2D eigenvalue weighted by molar-refractivity contribution is 7.92. The van der Waals surface area contributed by atoms with E-state index in [4.69, 9.17) is 4.74 Å². The van der Waals surface area contributed by atoms with Crippen LogP contribution in [0.4, 0.5) is 10.1 Å². The number of hydrogen-bond acceptors (Lipinski definition) is 5. The number of amides is 2. The van der Waals surface area contributed by atoms with Crippen molar-refractivity contribution in [1.82, 2.24) is 10.2 Å². The number of nitrogens with zero attached hydrogens (tertiary/aromatic N) is 2. The zero-order chi connectivity index (χ0) is 27.7. The predicted molar refractivity (Wildman–Crippen MR) is 144 cm³/mol. The maximum atomic E-state index is 13.8. The summed E-state index contributed by atoms with van der Waals surface area (Å²) in [5, 5.41) is 2.59. The number of ether oxygens (including phenoxy) is 1. The number of nitrogens with one attached hydrogen (secondary N) is 1. The molecule has 202 valence electrons. The molecule has 2 amide bonds. The van der Waals surface area contributed by atoms with Crippen molar-refractivity contribution in [2.24, 2.45) is 0 Å². The van der Waals surface area contributed by atoms with Gasteiger partial charge in [-0.05, 0) is 66.9 Å². The molecule has 10 heteroatoms. The van der Waals surface area contributed by atoms with Crippen LogP contribution in [0.1, 0.15) is 18.9 Å². The molecular formula is C28H32FN3O5S. The van der Waals surface area contributed by atoms with Crippen LogP contribution in [0, 0.1) is 5.82 Å². The van der Waals surface area contributed by atoms with Crippen LogP contribution in [0.15, 0.2) is 83.8 Å². The van der Waals surface area contributed by atoms with E-state index in [1.54, 1.807) is 6.92 Å². The zero-order valence-electron chi connectivity index (χ0n) is 21.6. The number of anilines is 1. The number of methoxy groups -OCH3 is 1. The highest BCUT2D eigenvalue weighted by Crippen LogP contribution is 2.26.